The summed E-state index contributed by atoms with van der Waals surface area (Å²) in [5.74, 6) is 0.245. The summed E-state index contributed by atoms with van der Waals surface area (Å²) in [6.07, 6.45) is 1.44. The number of carboxylic acids is 1. The number of carbonyl (C=O) groups is 2. The normalized spacial score (nSPS) is 11.7. The van der Waals surface area contributed by atoms with Gasteiger partial charge in [0.1, 0.15) is 0 Å². The van der Waals surface area contributed by atoms with Gasteiger partial charge in [0, 0.05) is 30.8 Å². The van der Waals surface area contributed by atoms with Gasteiger partial charge in [-0.2, -0.15) is 4.98 Å². The molecule has 0 saturated heterocycles. The van der Waals surface area contributed by atoms with Crippen LogP contribution in [-0.4, -0.2) is 44.6 Å². The molecular weight excluding hydrogens is 298 g/mol. The van der Waals surface area contributed by atoms with Gasteiger partial charge in [0.25, 0.3) is 0 Å². The second-order valence-corrected chi connectivity index (χ2v) is 6.94. The van der Waals surface area contributed by atoms with E-state index in [-0.39, 0.29) is 30.3 Å². The molecule has 0 unspecified atom stereocenters. The Labute approximate surface area is 137 Å². The number of hydrogen-bond acceptors (Lipinski definition) is 5. The summed E-state index contributed by atoms with van der Waals surface area (Å²) in [5, 5.41) is 12.7. The van der Waals surface area contributed by atoms with Gasteiger partial charge in [-0.25, -0.2) is 0 Å². The molecule has 7 nitrogen and oxygen atoms in total. The monoisotopic (exact) mass is 325 g/mol. The van der Waals surface area contributed by atoms with Crippen LogP contribution in [-0.2, 0) is 21.4 Å². The maximum atomic E-state index is 12.2. The average Bonchev–Trinajstić information content (AvgIpc) is 2.86. The number of aryl methyl sites for hydroxylation is 1. The van der Waals surface area contributed by atoms with Gasteiger partial charge in [-0.15, -0.1) is 0 Å². The van der Waals surface area contributed by atoms with Crippen molar-refractivity contribution in [2.24, 2.45) is 0 Å². The van der Waals surface area contributed by atoms with Crippen molar-refractivity contribution >= 4 is 11.9 Å². The maximum absolute atomic E-state index is 12.2. The average molecular weight is 325 g/mol. The SMILES string of the molecule is CC(C)N(CCC(=O)O)C(=O)CCCc1nc(C(C)(C)C)no1. The van der Waals surface area contributed by atoms with Crippen LogP contribution in [0.2, 0.25) is 0 Å². The molecule has 1 heterocycles. The van der Waals surface area contributed by atoms with Gasteiger partial charge in [0.2, 0.25) is 11.8 Å². The smallest absolute Gasteiger partial charge is 0.305 e. The molecule has 0 aliphatic heterocycles. The van der Waals surface area contributed by atoms with Crippen LogP contribution in [0.5, 0.6) is 0 Å². The Morgan fingerprint density at radius 1 is 1.26 bits per heavy atom. The lowest BCUT2D eigenvalue weighted by atomic mass is 9.96. The van der Waals surface area contributed by atoms with Crippen molar-refractivity contribution in [2.75, 3.05) is 6.54 Å². The largest absolute Gasteiger partial charge is 0.481 e. The van der Waals surface area contributed by atoms with Gasteiger partial charge in [0.05, 0.1) is 6.42 Å². The third-order valence-corrected chi connectivity index (χ3v) is 3.43. The molecule has 1 amide bonds. The zero-order valence-electron chi connectivity index (χ0n) is 14.6. The fourth-order valence-corrected chi connectivity index (χ4v) is 2.08. The van der Waals surface area contributed by atoms with E-state index in [1.807, 2.05) is 34.6 Å². The highest BCUT2D eigenvalue weighted by Gasteiger charge is 2.21. The van der Waals surface area contributed by atoms with Gasteiger partial charge in [-0.1, -0.05) is 25.9 Å². The first-order valence-electron chi connectivity index (χ1n) is 7.95. The molecule has 0 aliphatic carbocycles. The molecule has 1 rings (SSSR count). The van der Waals surface area contributed by atoms with Gasteiger partial charge in [-0.3, -0.25) is 9.59 Å². The molecule has 0 bridgehead atoms. The zero-order chi connectivity index (χ0) is 17.6. The molecule has 0 aromatic carbocycles. The van der Waals surface area contributed by atoms with E-state index in [9.17, 15) is 9.59 Å². The van der Waals surface area contributed by atoms with E-state index in [0.717, 1.165) is 0 Å². The number of amides is 1. The molecule has 0 radical (unpaired) electrons. The van der Waals surface area contributed by atoms with Crippen LogP contribution >= 0.6 is 0 Å². The Kier molecular flexibility index (Phi) is 6.72. The van der Waals surface area contributed by atoms with E-state index < -0.39 is 5.97 Å². The summed E-state index contributed by atoms with van der Waals surface area (Å²) >= 11 is 0. The van der Waals surface area contributed by atoms with Crippen molar-refractivity contribution in [3.05, 3.63) is 11.7 Å². The van der Waals surface area contributed by atoms with Crippen LogP contribution in [0.25, 0.3) is 0 Å². The van der Waals surface area contributed by atoms with Crippen LogP contribution < -0.4 is 0 Å². The van der Waals surface area contributed by atoms with Crippen molar-refractivity contribution in [1.29, 1.82) is 0 Å². The quantitative estimate of drug-likeness (QED) is 0.788. The van der Waals surface area contributed by atoms with Gasteiger partial charge in [-0.05, 0) is 20.3 Å². The van der Waals surface area contributed by atoms with Crippen molar-refractivity contribution in [1.82, 2.24) is 15.0 Å². The topological polar surface area (TPSA) is 96.5 Å². The minimum atomic E-state index is -0.899. The predicted molar refractivity (Wildman–Crippen MR) is 85.0 cm³/mol. The summed E-state index contributed by atoms with van der Waals surface area (Å²) in [5.41, 5.74) is -0.164. The minimum absolute atomic E-state index is 0.0160. The molecule has 1 aromatic heterocycles. The summed E-state index contributed by atoms with van der Waals surface area (Å²) in [4.78, 5) is 28.8. The van der Waals surface area contributed by atoms with Crippen LogP contribution in [0.15, 0.2) is 4.52 Å². The van der Waals surface area contributed by atoms with Crippen LogP contribution in [0.1, 0.15) is 65.6 Å². The first kappa shape index (κ1) is 19.1. The van der Waals surface area contributed by atoms with E-state index in [0.29, 0.717) is 31.0 Å². The molecular formula is C16H27N3O4. The number of nitrogens with zero attached hydrogens (tertiary/aromatic N) is 3. The highest BCUT2D eigenvalue weighted by molar-refractivity contribution is 5.77. The molecule has 0 atom stereocenters. The molecule has 23 heavy (non-hydrogen) atoms. The number of aliphatic carboxylic acids is 1. The number of rotatable bonds is 8. The Balaban J connectivity index is 2.48. The molecule has 0 aliphatic rings. The molecule has 0 spiro atoms. The fourth-order valence-electron chi connectivity index (χ4n) is 2.08. The lowest BCUT2D eigenvalue weighted by molar-refractivity contribution is -0.139. The predicted octanol–water partition coefficient (Wildman–Crippen LogP) is 2.40. The third-order valence-electron chi connectivity index (χ3n) is 3.43. The van der Waals surface area contributed by atoms with E-state index in [4.69, 9.17) is 9.63 Å². The second kappa shape index (κ2) is 8.08. The van der Waals surface area contributed by atoms with Crippen molar-refractivity contribution in [3.63, 3.8) is 0 Å². The fraction of sp³-hybridized carbons (Fsp3) is 0.750. The summed E-state index contributed by atoms with van der Waals surface area (Å²) in [6.45, 7) is 10.0. The van der Waals surface area contributed by atoms with Crippen molar-refractivity contribution < 1.29 is 19.2 Å². The van der Waals surface area contributed by atoms with E-state index in [1.165, 1.54) is 0 Å². The molecule has 0 fully saturated rings. The molecule has 1 N–H and O–H groups in total. The first-order valence-corrected chi connectivity index (χ1v) is 7.95. The molecule has 7 heteroatoms. The minimum Gasteiger partial charge on any atom is -0.481 e. The maximum Gasteiger partial charge on any atom is 0.305 e. The highest BCUT2D eigenvalue weighted by Crippen LogP contribution is 2.19. The highest BCUT2D eigenvalue weighted by atomic mass is 16.5. The van der Waals surface area contributed by atoms with Crippen molar-refractivity contribution in [2.45, 2.75) is 71.8 Å². The van der Waals surface area contributed by atoms with Gasteiger partial charge < -0.3 is 14.5 Å². The van der Waals surface area contributed by atoms with Crippen molar-refractivity contribution in [3.8, 4) is 0 Å². The van der Waals surface area contributed by atoms with E-state index in [2.05, 4.69) is 10.1 Å². The lowest BCUT2D eigenvalue weighted by Gasteiger charge is -2.26. The summed E-state index contributed by atoms with van der Waals surface area (Å²) < 4.78 is 5.20. The van der Waals surface area contributed by atoms with Crippen LogP contribution in [0.4, 0.5) is 0 Å². The second-order valence-electron chi connectivity index (χ2n) is 6.94. The van der Waals surface area contributed by atoms with Gasteiger partial charge in [0.15, 0.2) is 5.82 Å². The standard InChI is InChI=1S/C16H27N3O4/c1-11(2)19(10-9-14(21)22)13(20)8-6-7-12-17-15(18-23-12)16(3,4)5/h11H,6-10H2,1-5H3,(H,21,22). The first-order chi connectivity index (χ1) is 10.6. The molecule has 130 valence electrons. The summed E-state index contributed by atoms with van der Waals surface area (Å²) in [6, 6.07) is -0.0160. The Morgan fingerprint density at radius 3 is 2.39 bits per heavy atom. The molecule has 0 saturated carbocycles. The number of hydrogen-bond donors (Lipinski definition) is 1. The van der Waals surface area contributed by atoms with E-state index >= 15 is 0 Å². The Morgan fingerprint density at radius 2 is 1.91 bits per heavy atom. The van der Waals surface area contributed by atoms with Crippen LogP contribution in [0.3, 0.4) is 0 Å². The number of carbonyl (C=O) groups excluding carboxylic acids is 1. The lowest BCUT2D eigenvalue weighted by Crippen LogP contribution is -2.38. The van der Waals surface area contributed by atoms with Gasteiger partial charge >= 0.3 is 5.97 Å². The van der Waals surface area contributed by atoms with E-state index in [1.54, 1.807) is 4.90 Å². The number of aromatic nitrogens is 2. The number of carboxylic acid groups (broad SMARTS) is 1. The Hall–Kier alpha value is -1.92. The van der Waals surface area contributed by atoms with Crippen LogP contribution in [0, 0.1) is 0 Å². The molecule has 1 aromatic rings. The Bertz CT molecular complexity index is 532. The summed E-state index contributed by atoms with van der Waals surface area (Å²) in [7, 11) is 0. The third kappa shape index (κ3) is 6.38. The zero-order valence-corrected chi connectivity index (χ0v) is 14.6.